The molecule has 0 atom stereocenters. The highest BCUT2D eigenvalue weighted by Gasteiger charge is 2.17. The molecule has 4 rings (SSSR count). The molecule has 0 amide bonds. The van der Waals surface area contributed by atoms with Crippen LogP contribution in [0.15, 0.2) is 30.3 Å². The summed E-state index contributed by atoms with van der Waals surface area (Å²) in [6.07, 6.45) is 0. The maximum atomic E-state index is 3.63. The first-order valence-electron chi connectivity index (χ1n) is 11.0. The van der Waals surface area contributed by atoms with Crippen molar-refractivity contribution in [1.29, 1.82) is 0 Å². The van der Waals surface area contributed by atoms with Crippen molar-refractivity contribution in [3.8, 4) is 0 Å². The van der Waals surface area contributed by atoms with Crippen molar-refractivity contribution >= 4 is 0 Å². The zero-order chi connectivity index (χ0) is 20.6. The van der Waals surface area contributed by atoms with Gasteiger partial charge in [-0.3, -0.25) is 4.90 Å². The summed E-state index contributed by atoms with van der Waals surface area (Å²) in [6, 6.07) is 10.9. The zero-order valence-corrected chi connectivity index (χ0v) is 18.7. The van der Waals surface area contributed by atoms with Crippen LogP contribution in [-0.2, 0) is 19.6 Å². The molecule has 0 unspecified atom stereocenters. The molecule has 0 saturated carbocycles. The maximum absolute atomic E-state index is 3.63. The Kier molecular flexibility index (Phi) is 8.25. The van der Waals surface area contributed by atoms with Crippen LogP contribution in [0.2, 0.25) is 0 Å². The third-order valence-electron chi connectivity index (χ3n) is 6.43. The van der Waals surface area contributed by atoms with Gasteiger partial charge in [0, 0.05) is 58.9 Å². The van der Waals surface area contributed by atoms with Gasteiger partial charge >= 0.3 is 0 Å². The lowest BCUT2D eigenvalue weighted by molar-refractivity contribution is 0.255. The first-order chi connectivity index (χ1) is 14.1. The molecule has 2 heterocycles. The van der Waals surface area contributed by atoms with E-state index < -0.39 is 0 Å². The summed E-state index contributed by atoms with van der Waals surface area (Å²) in [4.78, 5) is 2.59. The van der Waals surface area contributed by atoms with Crippen LogP contribution in [0.1, 0.15) is 38.9 Å². The summed E-state index contributed by atoms with van der Waals surface area (Å²) in [6.45, 7) is 18.3. The minimum Gasteiger partial charge on any atom is -0.314 e. The number of fused-ring (bicyclic) bond motifs is 13. The van der Waals surface area contributed by atoms with E-state index in [1.165, 1.54) is 38.9 Å². The van der Waals surface area contributed by atoms with Crippen LogP contribution in [0.4, 0.5) is 0 Å². The molecule has 4 nitrogen and oxygen atoms in total. The summed E-state index contributed by atoms with van der Waals surface area (Å²) in [5.41, 5.74) is 10.2. The summed E-state index contributed by atoms with van der Waals surface area (Å²) >= 11 is 0. The van der Waals surface area contributed by atoms with E-state index in [0.717, 1.165) is 58.9 Å². The van der Waals surface area contributed by atoms with Crippen molar-refractivity contribution in [1.82, 2.24) is 20.9 Å². The highest BCUT2D eigenvalue weighted by atomic mass is 15.1. The molecule has 158 valence electrons. The summed E-state index contributed by atoms with van der Waals surface area (Å²) < 4.78 is 0. The Hall–Kier alpha value is -1.72. The smallest absolute Gasteiger partial charge is 0.0243 e. The summed E-state index contributed by atoms with van der Waals surface area (Å²) in [7, 11) is 0. The topological polar surface area (TPSA) is 39.3 Å². The average molecular weight is 395 g/mol. The minimum absolute atomic E-state index is 0.952. The highest BCUT2D eigenvalue weighted by Crippen LogP contribution is 2.28. The minimum atomic E-state index is 0.952. The molecular weight excluding hydrogens is 356 g/mol. The fraction of sp³-hybridized carbons (Fsp3) is 0.520. The van der Waals surface area contributed by atoms with Crippen molar-refractivity contribution in [3.63, 3.8) is 0 Å². The Bertz CT molecular complexity index is 756. The van der Waals surface area contributed by atoms with E-state index in [2.05, 4.69) is 78.9 Å². The molecule has 0 aliphatic carbocycles. The molecule has 0 aromatic heterocycles. The van der Waals surface area contributed by atoms with E-state index in [9.17, 15) is 0 Å². The molecule has 2 aliphatic rings. The van der Waals surface area contributed by atoms with Gasteiger partial charge in [0.05, 0.1) is 0 Å². The second kappa shape index (κ2) is 10.9. The molecule has 29 heavy (non-hydrogen) atoms. The van der Waals surface area contributed by atoms with Gasteiger partial charge < -0.3 is 16.0 Å². The van der Waals surface area contributed by atoms with Crippen LogP contribution in [0.3, 0.4) is 0 Å². The van der Waals surface area contributed by atoms with E-state index >= 15 is 0 Å². The molecule has 0 saturated heterocycles. The molecular formula is C25H38N4. The van der Waals surface area contributed by atoms with Crippen molar-refractivity contribution < 1.29 is 0 Å². The van der Waals surface area contributed by atoms with Crippen LogP contribution < -0.4 is 16.0 Å². The SMILES string of the molecule is Cc1c(C)c2c(C)c(C)c1CNCCNCCNCCN(Cc1ccccc1)C2. The molecule has 2 aliphatic heterocycles. The Morgan fingerprint density at radius 2 is 1.24 bits per heavy atom. The molecule has 0 fully saturated rings. The van der Waals surface area contributed by atoms with Gasteiger partial charge in [-0.1, -0.05) is 30.3 Å². The lowest BCUT2D eigenvalue weighted by atomic mass is 9.88. The number of nitrogens with zero attached hydrogens (tertiary/aromatic N) is 1. The molecule has 3 N–H and O–H groups in total. The monoisotopic (exact) mass is 394 g/mol. The fourth-order valence-electron chi connectivity index (χ4n) is 4.30. The van der Waals surface area contributed by atoms with Gasteiger partial charge in [-0.2, -0.15) is 0 Å². The molecule has 4 heteroatoms. The van der Waals surface area contributed by atoms with Gasteiger partial charge in [0.2, 0.25) is 0 Å². The van der Waals surface area contributed by atoms with Crippen LogP contribution in [0.25, 0.3) is 0 Å². The predicted molar refractivity (Wildman–Crippen MR) is 123 cm³/mol. The Morgan fingerprint density at radius 1 is 0.690 bits per heavy atom. The Labute approximate surface area is 177 Å². The van der Waals surface area contributed by atoms with Crippen molar-refractivity contribution in [3.05, 3.63) is 69.3 Å². The van der Waals surface area contributed by atoms with Gasteiger partial charge in [-0.05, 0) is 66.6 Å². The zero-order valence-electron chi connectivity index (χ0n) is 18.7. The van der Waals surface area contributed by atoms with Crippen LogP contribution in [-0.4, -0.2) is 44.2 Å². The molecule has 0 radical (unpaired) electrons. The number of rotatable bonds is 2. The molecule has 2 bridgehead atoms. The van der Waals surface area contributed by atoms with Crippen LogP contribution in [0.5, 0.6) is 0 Å². The third kappa shape index (κ3) is 5.89. The lowest BCUT2D eigenvalue weighted by Gasteiger charge is -2.28. The standard InChI is InChI=1S/C25H38N4/c1-19-21(3)25-18-29(17-23-8-6-5-7-9-23)15-14-27-11-10-26-12-13-28-16-24(19)20(2)22(25)4/h5-9,26-28H,10-18H2,1-4H3. The van der Waals surface area contributed by atoms with Crippen molar-refractivity contribution in [2.45, 2.75) is 47.3 Å². The maximum Gasteiger partial charge on any atom is 0.0243 e. The molecule has 2 aromatic carbocycles. The second-order valence-electron chi connectivity index (χ2n) is 8.33. The van der Waals surface area contributed by atoms with Gasteiger partial charge in [-0.25, -0.2) is 0 Å². The Balaban J connectivity index is 1.89. The van der Waals surface area contributed by atoms with E-state index in [1.807, 2.05) is 0 Å². The third-order valence-corrected chi connectivity index (χ3v) is 6.43. The van der Waals surface area contributed by atoms with Crippen LogP contribution in [0, 0.1) is 27.7 Å². The Morgan fingerprint density at radius 3 is 1.90 bits per heavy atom. The van der Waals surface area contributed by atoms with Gasteiger partial charge in [0.15, 0.2) is 0 Å². The highest BCUT2D eigenvalue weighted by molar-refractivity contribution is 5.50. The summed E-state index contributed by atoms with van der Waals surface area (Å²) in [5, 5.41) is 10.8. The largest absolute Gasteiger partial charge is 0.314 e. The first kappa shape index (κ1) is 22.0. The number of nitrogens with one attached hydrogen (secondary N) is 3. The van der Waals surface area contributed by atoms with E-state index in [-0.39, 0.29) is 0 Å². The van der Waals surface area contributed by atoms with E-state index in [0.29, 0.717) is 0 Å². The number of hydrogen-bond acceptors (Lipinski definition) is 4. The lowest BCUT2D eigenvalue weighted by Crippen LogP contribution is -2.37. The molecule has 2 aromatic rings. The molecule has 0 spiro atoms. The van der Waals surface area contributed by atoms with Crippen molar-refractivity contribution in [2.24, 2.45) is 0 Å². The van der Waals surface area contributed by atoms with Gasteiger partial charge in [-0.15, -0.1) is 0 Å². The average Bonchev–Trinajstić information content (AvgIpc) is 2.73. The number of benzene rings is 2. The van der Waals surface area contributed by atoms with E-state index in [1.54, 1.807) is 0 Å². The first-order valence-corrected chi connectivity index (χ1v) is 11.0. The normalized spacial score (nSPS) is 17.5. The number of hydrogen-bond donors (Lipinski definition) is 3. The van der Waals surface area contributed by atoms with Gasteiger partial charge in [0.25, 0.3) is 0 Å². The quantitative estimate of drug-likeness (QED) is 0.684. The van der Waals surface area contributed by atoms with Crippen molar-refractivity contribution in [2.75, 3.05) is 39.3 Å². The van der Waals surface area contributed by atoms with Gasteiger partial charge in [0.1, 0.15) is 0 Å². The summed E-state index contributed by atoms with van der Waals surface area (Å²) in [5.74, 6) is 0. The van der Waals surface area contributed by atoms with E-state index in [4.69, 9.17) is 0 Å². The van der Waals surface area contributed by atoms with Crippen LogP contribution >= 0.6 is 0 Å². The predicted octanol–water partition coefficient (Wildman–Crippen LogP) is 3.20. The second-order valence-corrected chi connectivity index (χ2v) is 8.33. The fourth-order valence-corrected chi connectivity index (χ4v) is 4.30.